The topological polar surface area (TPSA) is 70.1 Å². The number of benzene rings is 1. The molecule has 0 bridgehead atoms. The average molecular weight is 385 g/mol. The summed E-state index contributed by atoms with van der Waals surface area (Å²) in [6, 6.07) is 12.0. The molecule has 2 N–H and O–H groups in total. The predicted octanol–water partition coefficient (Wildman–Crippen LogP) is 2.80. The number of nitrogens with zero attached hydrogens (tertiary/aromatic N) is 2. The van der Waals surface area contributed by atoms with Crippen molar-refractivity contribution >= 4 is 28.5 Å². The van der Waals surface area contributed by atoms with Gasteiger partial charge in [0.05, 0.1) is 5.69 Å². The number of aromatic nitrogens is 2. The minimum atomic E-state index is -0.173. The van der Waals surface area contributed by atoms with Gasteiger partial charge in [0.15, 0.2) is 0 Å². The van der Waals surface area contributed by atoms with E-state index < -0.39 is 0 Å². The number of pyridine rings is 1. The van der Waals surface area contributed by atoms with Gasteiger partial charge >= 0.3 is 0 Å². The van der Waals surface area contributed by atoms with E-state index in [1.54, 1.807) is 41.0 Å². The number of rotatable bonds is 5. The van der Waals surface area contributed by atoms with Crippen LogP contribution in [0.1, 0.15) is 23.3 Å². The highest BCUT2D eigenvalue weighted by molar-refractivity contribution is 6.30. The summed E-state index contributed by atoms with van der Waals surface area (Å²) in [5, 5.41) is 4.35. The second-order valence-corrected chi connectivity index (χ2v) is 7.21. The maximum atomic E-state index is 12.5. The van der Waals surface area contributed by atoms with E-state index in [0.717, 1.165) is 25.0 Å². The number of aromatic amines is 1. The minimum absolute atomic E-state index is 0.166. The van der Waals surface area contributed by atoms with E-state index in [9.17, 15) is 9.59 Å². The van der Waals surface area contributed by atoms with Crippen LogP contribution in [0.15, 0.2) is 47.3 Å². The zero-order chi connectivity index (χ0) is 18.8. The molecule has 3 aromatic rings. The molecule has 7 heteroatoms. The lowest BCUT2D eigenvalue weighted by Gasteiger charge is -2.14. The number of likely N-dealkylation sites (tertiary alicyclic amines) is 1. The Morgan fingerprint density at radius 2 is 1.85 bits per heavy atom. The van der Waals surface area contributed by atoms with Crippen molar-refractivity contribution in [2.24, 2.45) is 0 Å². The van der Waals surface area contributed by atoms with Crippen LogP contribution in [-0.4, -0.2) is 46.5 Å². The summed E-state index contributed by atoms with van der Waals surface area (Å²) in [6.45, 7) is 3.69. The Morgan fingerprint density at radius 1 is 1.11 bits per heavy atom. The fourth-order valence-electron chi connectivity index (χ4n) is 3.52. The summed E-state index contributed by atoms with van der Waals surface area (Å²) in [4.78, 5) is 30.4. The Kier molecular flexibility index (Phi) is 5.01. The molecular formula is C20H21ClN4O2. The number of H-pyrrole nitrogens is 1. The van der Waals surface area contributed by atoms with Crippen LogP contribution in [0, 0.1) is 0 Å². The van der Waals surface area contributed by atoms with Crippen LogP contribution >= 0.6 is 11.6 Å². The van der Waals surface area contributed by atoms with Crippen LogP contribution in [0.3, 0.4) is 0 Å². The molecule has 1 aliphatic heterocycles. The second-order valence-electron chi connectivity index (χ2n) is 6.78. The minimum Gasteiger partial charge on any atom is -0.349 e. The molecule has 1 aromatic carbocycles. The van der Waals surface area contributed by atoms with Crippen molar-refractivity contribution in [1.29, 1.82) is 0 Å². The molecule has 4 rings (SSSR count). The fraction of sp³-hybridized carbons (Fsp3) is 0.300. The molecule has 0 aliphatic carbocycles. The van der Waals surface area contributed by atoms with E-state index in [-0.39, 0.29) is 11.5 Å². The zero-order valence-electron chi connectivity index (χ0n) is 14.9. The van der Waals surface area contributed by atoms with E-state index in [2.05, 4.69) is 15.2 Å². The highest BCUT2D eigenvalue weighted by Gasteiger charge is 2.15. The number of nitrogens with one attached hydrogen (secondary N) is 2. The van der Waals surface area contributed by atoms with Gasteiger partial charge in [-0.25, -0.2) is 0 Å². The van der Waals surface area contributed by atoms with Gasteiger partial charge in [-0.15, -0.1) is 0 Å². The molecule has 3 heterocycles. The van der Waals surface area contributed by atoms with Crippen LogP contribution in [0.4, 0.5) is 0 Å². The van der Waals surface area contributed by atoms with Crippen LogP contribution in [0.2, 0.25) is 5.02 Å². The van der Waals surface area contributed by atoms with Gasteiger partial charge in [0.2, 0.25) is 0 Å². The molecule has 2 aromatic heterocycles. The maximum Gasteiger partial charge on any atom is 0.267 e. The summed E-state index contributed by atoms with van der Waals surface area (Å²) >= 11 is 5.95. The Bertz CT molecular complexity index is 1020. The number of carbonyl (C=O) groups is 1. The lowest BCUT2D eigenvalue weighted by Crippen LogP contribution is -2.33. The molecule has 27 heavy (non-hydrogen) atoms. The van der Waals surface area contributed by atoms with Crippen LogP contribution in [0.5, 0.6) is 0 Å². The molecule has 0 radical (unpaired) electrons. The Hall–Kier alpha value is -2.57. The smallest absolute Gasteiger partial charge is 0.267 e. The molecule has 1 aliphatic rings. The molecule has 140 valence electrons. The first kappa shape index (κ1) is 17.8. The van der Waals surface area contributed by atoms with Crippen molar-refractivity contribution in [3.05, 3.63) is 63.5 Å². The predicted molar refractivity (Wildman–Crippen MR) is 107 cm³/mol. The number of carbonyl (C=O) groups excluding carboxylic acids is 1. The van der Waals surface area contributed by atoms with Crippen molar-refractivity contribution in [3.8, 4) is 5.69 Å². The Balaban J connectivity index is 1.58. The highest BCUT2D eigenvalue weighted by atomic mass is 35.5. The average Bonchev–Trinajstić information content (AvgIpc) is 3.32. The van der Waals surface area contributed by atoms with E-state index >= 15 is 0 Å². The van der Waals surface area contributed by atoms with Gasteiger partial charge in [0, 0.05) is 29.6 Å². The molecule has 0 spiro atoms. The van der Waals surface area contributed by atoms with Crippen molar-refractivity contribution in [1.82, 2.24) is 19.8 Å². The van der Waals surface area contributed by atoms with Gasteiger partial charge in [-0.2, -0.15) is 0 Å². The summed E-state index contributed by atoms with van der Waals surface area (Å²) in [7, 11) is 0. The number of amides is 1. The van der Waals surface area contributed by atoms with Crippen molar-refractivity contribution in [2.75, 3.05) is 26.2 Å². The zero-order valence-corrected chi connectivity index (χ0v) is 15.6. The van der Waals surface area contributed by atoms with E-state index in [1.807, 2.05) is 0 Å². The highest BCUT2D eigenvalue weighted by Crippen LogP contribution is 2.19. The van der Waals surface area contributed by atoms with Crippen LogP contribution in [0.25, 0.3) is 16.7 Å². The summed E-state index contributed by atoms with van der Waals surface area (Å²) in [5.74, 6) is -0.166. The van der Waals surface area contributed by atoms with Gasteiger partial charge in [-0.1, -0.05) is 11.6 Å². The summed E-state index contributed by atoms with van der Waals surface area (Å²) in [5.41, 5.74) is 1.56. The van der Waals surface area contributed by atoms with Crippen LogP contribution in [-0.2, 0) is 0 Å². The van der Waals surface area contributed by atoms with Crippen molar-refractivity contribution in [2.45, 2.75) is 12.8 Å². The van der Waals surface area contributed by atoms with Gasteiger partial charge in [0.25, 0.3) is 11.5 Å². The second kappa shape index (κ2) is 7.58. The monoisotopic (exact) mass is 384 g/mol. The number of hydrogen-bond acceptors (Lipinski definition) is 3. The Morgan fingerprint density at radius 3 is 2.59 bits per heavy atom. The lowest BCUT2D eigenvalue weighted by molar-refractivity contribution is 0.0945. The standard InChI is InChI=1S/C20H21ClN4O2/c21-15-4-6-16(7-5-15)25-18(26)8-3-14-13-17(23-19(14)25)20(27)22-9-12-24-10-1-2-11-24/h3-8,13,23H,1-2,9-12H2,(H,22,27). The molecule has 1 fully saturated rings. The number of hydrogen-bond donors (Lipinski definition) is 2. The van der Waals surface area contributed by atoms with E-state index in [1.165, 1.54) is 18.9 Å². The quantitative estimate of drug-likeness (QED) is 0.710. The fourth-order valence-corrected chi connectivity index (χ4v) is 3.64. The van der Waals surface area contributed by atoms with E-state index in [4.69, 9.17) is 11.6 Å². The first-order valence-electron chi connectivity index (χ1n) is 9.13. The lowest BCUT2D eigenvalue weighted by atomic mass is 10.2. The SMILES string of the molecule is O=C(NCCN1CCCC1)c1cc2ccc(=O)n(-c3ccc(Cl)cc3)c2[nH]1. The van der Waals surface area contributed by atoms with Gasteiger partial charge < -0.3 is 15.2 Å². The molecule has 0 unspecified atom stereocenters. The first-order chi connectivity index (χ1) is 13.1. The maximum absolute atomic E-state index is 12.5. The van der Waals surface area contributed by atoms with Crippen LogP contribution < -0.4 is 10.9 Å². The third-order valence-electron chi connectivity index (χ3n) is 4.92. The number of halogens is 1. The third-order valence-corrected chi connectivity index (χ3v) is 5.17. The number of fused-ring (bicyclic) bond motifs is 1. The first-order valence-corrected chi connectivity index (χ1v) is 9.51. The van der Waals surface area contributed by atoms with Gasteiger partial charge in [-0.05, 0) is 62.3 Å². The van der Waals surface area contributed by atoms with Gasteiger partial charge in [-0.3, -0.25) is 14.2 Å². The molecule has 6 nitrogen and oxygen atoms in total. The molecule has 1 amide bonds. The van der Waals surface area contributed by atoms with Gasteiger partial charge in [0.1, 0.15) is 11.3 Å². The summed E-state index contributed by atoms with van der Waals surface area (Å²) in [6.07, 6.45) is 2.47. The van der Waals surface area contributed by atoms with E-state index in [0.29, 0.717) is 28.6 Å². The molecule has 0 saturated carbocycles. The largest absolute Gasteiger partial charge is 0.349 e. The Labute approximate surface area is 161 Å². The molecule has 0 atom stereocenters. The summed E-state index contributed by atoms with van der Waals surface area (Å²) < 4.78 is 1.55. The normalized spacial score (nSPS) is 14.7. The van der Waals surface area contributed by atoms with Crippen molar-refractivity contribution in [3.63, 3.8) is 0 Å². The molecular weight excluding hydrogens is 364 g/mol. The third kappa shape index (κ3) is 3.77. The molecule has 1 saturated heterocycles. The van der Waals surface area contributed by atoms with Crippen molar-refractivity contribution < 1.29 is 4.79 Å².